The highest BCUT2D eigenvalue weighted by Gasteiger charge is 2.29. The van der Waals surface area contributed by atoms with Crippen molar-refractivity contribution in [3.63, 3.8) is 0 Å². The molecule has 0 amide bonds. The summed E-state index contributed by atoms with van der Waals surface area (Å²) in [6.45, 7) is 0. The molecule has 0 unspecified atom stereocenters. The fourth-order valence-corrected chi connectivity index (χ4v) is 13.5. The third-order valence-corrected chi connectivity index (χ3v) is 18.1. The molecule has 19 rings (SSSR count). The Morgan fingerprint density at radius 3 is 0.582 bits per heavy atom. The Morgan fingerprint density at radius 2 is 0.357 bits per heavy atom. The van der Waals surface area contributed by atoms with Gasteiger partial charge in [0.15, 0.2) is 69.9 Å². The van der Waals surface area contributed by atoms with Gasteiger partial charge in [0.1, 0.15) is 0 Å². The maximum atomic E-state index is 5.42. The first-order valence-electron chi connectivity index (χ1n) is 32.3. The average Bonchev–Trinajstić information content (AvgIpc) is 1.51. The quantitative estimate of drug-likeness (QED) is 0.107. The normalized spacial score (nSPS) is 11.7. The van der Waals surface area contributed by atoms with Crippen molar-refractivity contribution in [2.24, 2.45) is 0 Å². The highest BCUT2D eigenvalue weighted by molar-refractivity contribution is 6.27. The molecule has 0 saturated heterocycles. The first-order valence-corrected chi connectivity index (χ1v) is 32.3. The Hall–Kier alpha value is -13.7. The first-order chi connectivity index (χ1) is 48.6. The van der Waals surface area contributed by atoms with Gasteiger partial charge in [-0.05, 0) is 60.7 Å². The van der Waals surface area contributed by atoms with Crippen LogP contribution in [0.2, 0.25) is 0 Å². The molecule has 12 aromatic carbocycles. The van der Waals surface area contributed by atoms with Gasteiger partial charge in [0.25, 0.3) is 0 Å². The van der Waals surface area contributed by atoms with Crippen molar-refractivity contribution in [1.29, 1.82) is 0 Å². The largest absolute Gasteiger partial charge is 0.305 e. The summed E-state index contributed by atoms with van der Waals surface area (Å²) < 4.78 is 4.80. The second kappa shape index (κ2) is 23.1. The molecule has 98 heavy (non-hydrogen) atoms. The van der Waals surface area contributed by atoms with E-state index in [2.05, 4.69) is 69.5 Å². The summed E-state index contributed by atoms with van der Waals surface area (Å²) in [5, 5.41) is 3.72. The summed E-state index contributed by atoms with van der Waals surface area (Å²) >= 11 is 0. The van der Waals surface area contributed by atoms with E-state index in [1.54, 1.807) is 0 Å². The zero-order valence-corrected chi connectivity index (χ0v) is 52.1. The molecule has 7 aromatic heterocycles. The molecule has 0 radical (unpaired) electrons. The molecule has 0 fully saturated rings. The minimum Gasteiger partial charge on any atom is -0.305 e. The van der Waals surface area contributed by atoms with Crippen molar-refractivity contribution < 1.29 is 0 Å². The van der Waals surface area contributed by atoms with Gasteiger partial charge < -0.3 is 8.80 Å². The van der Waals surface area contributed by atoms with Gasteiger partial charge in [0, 0.05) is 88.3 Å². The summed E-state index contributed by atoms with van der Waals surface area (Å²) in [5.41, 5.74) is 15.8. The van der Waals surface area contributed by atoms with E-state index in [9.17, 15) is 0 Å². The van der Waals surface area contributed by atoms with Crippen molar-refractivity contribution in [3.8, 4) is 137 Å². The molecule has 0 spiro atoms. The van der Waals surface area contributed by atoms with Crippen LogP contribution in [0.15, 0.2) is 303 Å². The van der Waals surface area contributed by atoms with E-state index in [-0.39, 0.29) is 0 Å². The minimum atomic E-state index is 0.514. The number of nitrogens with zero attached hydrogens (tertiary/aromatic N) is 14. The molecular weight excluding hydrogens is 1210 g/mol. The predicted molar refractivity (Wildman–Crippen MR) is 388 cm³/mol. The summed E-state index contributed by atoms with van der Waals surface area (Å²) in [7, 11) is 0. The average molecular weight is 1260 g/mol. The highest BCUT2D eigenvalue weighted by atomic mass is 15.1. The first kappa shape index (κ1) is 55.9. The van der Waals surface area contributed by atoms with Crippen LogP contribution in [-0.4, -0.2) is 68.6 Å². The van der Waals surface area contributed by atoms with E-state index in [4.69, 9.17) is 59.8 Å². The Labute approximate surface area is 560 Å². The number of fused-ring (bicyclic) bond motifs is 8. The van der Waals surface area contributed by atoms with Crippen LogP contribution in [0.3, 0.4) is 0 Å². The van der Waals surface area contributed by atoms with E-state index in [1.165, 1.54) is 0 Å². The number of aromatic nitrogens is 14. The van der Waals surface area contributed by atoms with Crippen LogP contribution >= 0.6 is 0 Å². The van der Waals surface area contributed by atoms with E-state index in [0.29, 0.717) is 69.9 Å². The zero-order valence-electron chi connectivity index (χ0n) is 52.1. The molecule has 0 N–H and O–H groups in total. The lowest BCUT2D eigenvalue weighted by atomic mass is 10.0. The summed E-state index contributed by atoms with van der Waals surface area (Å²) in [4.78, 5) is 63.2. The van der Waals surface area contributed by atoms with Gasteiger partial charge in [-0.1, -0.05) is 243 Å². The molecule has 14 nitrogen and oxygen atoms in total. The second-order valence-corrected chi connectivity index (χ2v) is 24.0. The van der Waals surface area contributed by atoms with E-state index < -0.39 is 0 Å². The van der Waals surface area contributed by atoms with Crippen LogP contribution in [0.5, 0.6) is 0 Å². The fourth-order valence-electron chi connectivity index (χ4n) is 13.5. The predicted octanol–water partition coefficient (Wildman–Crippen LogP) is 19.0. The summed E-state index contributed by atoms with van der Waals surface area (Å²) in [6, 6.07) is 103. The smallest absolute Gasteiger partial charge is 0.164 e. The minimum absolute atomic E-state index is 0.514. The van der Waals surface area contributed by atoms with Crippen molar-refractivity contribution in [2.75, 3.05) is 0 Å². The van der Waals surface area contributed by atoms with Crippen LogP contribution in [0.4, 0.5) is 0 Å². The fraction of sp³-hybridized carbons (Fsp3) is 0. The van der Waals surface area contributed by atoms with Crippen LogP contribution in [0.25, 0.3) is 191 Å². The second-order valence-electron chi connectivity index (χ2n) is 24.0. The number of hydrogen-bond donors (Lipinski definition) is 0. The maximum absolute atomic E-state index is 5.42. The Morgan fingerprint density at radius 1 is 0.163 bits per heavy atom. The van der Waals surface area contributed by atoms with Crippen molar-refractivity contribution in [1.82, 2.24) is 68.6 Å². The molecule has 0 aliphatic heterocycles. The van der Waals surface area contributed by atoms with Crippen LogP contribution in [0, 0.1) is 0 Å². The lowest BCUT2D eigenvalue weighted by molar-refractivity contribution is 1.07. The maximum Gasteiger partial charge on any atom is 0.164 e. The van der Waals surface area contributed by atoms with Crippen molar-refractivity contribution in [3.05, 3.63) is 303 Å². The SMILES string of the molecule is c1ccc(-c2nc(-c3ccccc3)nc(-c3ccc4c(c3)c3c(-c5nc(-c6ccccc6)nc(-c6ccccc6)n5)ccc5c3n4c3ccc(-c4nc(-c6ccccc6)nc(-c6ccccc6)n4)c4c6cc(-c7nc(-c8ccccc8)nc(-c8ccccc8)n7)ccc6n5c43)n2)cc1. The van der Waals surface area contributed by atoms with Crippen LogP contribution in [0.1, 0.15) is 0 Å². The Bertz CT molecular complexity index is 5640. The topological polar surface area (TPSA) is 164 Å². The standard InChI is InChI=1S/C84H50N14/c1-9-25-51(26-10-1)73-85-74(52-27-11-2-12-28-52)90-81(89-73)59-41-45-65-63(49-59)69-61(83-93-77(55-33-17-5-18-34-55)87-78(94-83)56-35-19-6-20-36-56)43-47-67-71(69)97(65)68-48-44-62(84-95-79(57-37-21-7-22-38-57)88-80(96-84)58-39-23-8-24-40-58)70-64-50-60(42-46-66(64)98(67)72(68)70)82-91-75(53-29-13-3-14-30-53)86-76(92-82)54-31-15-4-16-32-54/h1-50H. The molecular formula is C84H50N14. The molecule has 14 heteroatoms. The van der Waals surface area contributed by atoms with Crippen LogP contribution in [-0.2, 0) is 0 Å². The molecule has 0 bridgehead atoms. The van der Waals surface area contributed by atoms with Gasteiger partial charge in [-0.2, -0.15) is 0 Å². The lowest BCUT2D eigenvalue weighted by Crippen LogP contribution is -2.02. The third kappa shape index (κ3) is 9.57. The van der Waals surface area contributed by atoms with Crippen molar-refractivity contribution in [2.45, 2.75) is 0 Å². The van der Waals surface area contributed by atoms with Crippen molar-refractivity contribution >= 4 is 54.6 Å². The van der Waals surface area contributed by atoms with E-state index in [1.807, 2.05) is 243 Å². The number of benzene rings is 12. The molecule has 456 valence electrons. The monoisotopic (exact) mass is 1250 g/mol. The van der Waals surface area contributed by atoms with E-state index in [0.717, 1.165) is 121 Å². The lowest BCUT2D eigenvalue weighted by Gasteiger charge is -2.15. The van der Waals surface area contributed by atoms with Gasteiger partial charge in [0.05, 0.1) is 33.1 Å². The van der Waals surface area contributed by atoms with Gasteiger partial charge >= 0.3 is 0 Å². The zero-order chi connectivity index (χ0) is 64.6. The highest BCUT2D eigenvalue weighted by Crippen LogP contribution is 2.48. The van der Waals surface area contributed by atoms with Gasteiger partial charge in [-0.3, -0.25) is 0 Å². The van der Waals surface area contributed by atoms with E-state index >= 15 is 0 Å². The molecule has 0 aliphatic rings. The summed E-state index contributed by atoms with van der Waals surface area (Å²) in [5.74, 6) is 6.55. The van der Waals surface area contributed by atoms with Gasteiger partial charge in [-0.25, -0.2) is 59.8 Å². The third-order valence-electron chi connectivity index (χ3n) is 18.1. The Kier molecular flexibility index (Phi) is 13.2. The molecule has 0 atom stereocenters. The number of hydrogen-bond acceptors (Lipinski definition) is 12. The Balaban J connectivity index is 0.936. The van der Waals surface area contributed by atoms with Crippen LogP contribution < -0.4 is 0 Å². The number of rotatable bonds is 12. The molecule has 19 aromatic rings. The molecule has 0 saturated carbocycles. The molecule has 7 heterocycles. The molecule has 0 aliphatic carbocycles. The summed E-state index contributed by atoms with van der Waals surface area (Å²) in [6.07, 6.45) is 0. The van der Waals surface area contributed by atoms with Gasteiger partial charge in [0.2, 0.25) is 0 Å². The van der Waals surface area contributed by atoms with Gasteiger partial charge in [-0.15, -0.1) is 0 Å².